The van der Waals surface area contributed by atoms with Crippen molar-refractivity contribution in [3.63, 3.8) is 0 Å². The third-order valence-electron chi connectivity index (χ3n) is 4.63. The van der Waals surface area contributed by atoms with E-state index in [0.29, 0.717) is 10.5 Å². The fourth-order valence-electron chi connectivity index (χ4n) is 3.11. The highest BCUT2D eigenvalue weighted by Gasteiger charge is 2.15. The van der Waals surface area contributed by atoms with Crippen LogP contribution in [0.5, 0.6) is 0 Å². The molecule has 0 aliphatic rings. The maximum atomic E-state index is 12.1. The molecule has 0 saturated carbocycles. The molecule has 0 atom stereocenters. The number of thioether (sulfide) groups is 1. The molecule has 0 fully saturated rings. The van der Waals surface area contributed by atoms with E-state index in [1.165, 1.54) is 11.8 Å². The van der Waals surface area contributed by atoms with Crippen LogP contribution in [0, 0.1) is 18.3 Å². The highest BCUT2D eigenvalue weighted by molar-refractivity contribution is 7.99. The number of benzene rings is 2. The SMILES string of the molecule is Cc1cc(SCC(=O)OC/C(O)=C(\C#N)c2nc3ccccc3[nH]2)nc2ccccc12. The maximum absolute atomic E-state index is 12.1. The number of aromatic amines is 1. The number of ether oxygens (including phenoxy) is 1. The van der Waals surface area contributed by atoms with E-state index in [-0.39, 0.29) is 22.9 Å². The number of fused-ring (bicyclic) bond motifs is 2. The number of esters is 1. The lowest BCUT2D eigenvalue weighted by Gasteiger charge is -2.07. The van der Waals surface area contributed by atoms with Gasteiger partial charge < -0.3 is 14.8 Å². The average molecular weight is 430 g/mol. The molecule has 0 aliphatic heterocycles. The number of hydrogen-bond acceptors (Lipinski definition) is 7. The summed E-state index contributed by atoms with van der Waals surface area (Å²) in [6.45, 7) is 1.58. The Morgan fingerprint density at radius 3 is 2.68 bits per heavy atom. The smallest absolute Gasteiger partial charge is 0.316 e. The van der Waals surface area contributed by atoms with Crippen LogP contribution in [0.4, 0.5) is 0 Å². The summed E-state index contributed by atoms with van der Waals surface area (Å²) in [6.07, 6.45) is 0. The highest BCUT2D eigenvalue weighted by atomic mass is 32.2. The number of rotatable bonds is 6. The van der Waals surface area contributed by atoms with E-state index in [0.717, 1.165) is 22.0 Å². The Balaban J connectivity index is 1.40. The number of imidazole rings is 1. The lowest BCUT2D eigenvalue weighted by atomic mass is 10.1. The first kappa shape index (κ1) is 20.4. The van der Waals surface area contributed by atoms with Gasteiger partial charge in [0.1, 0.15) is 18.2 Å². The van der Waals surface area contributed by atoms with Gasteiger partial charge in [-0.1, -0.05) is 42.1 Å². The molecule has 4 rings (SSSR count). The minimum absolute atomic E-state index is 0.0323. The number of pyridine rings is 1. The van der Waals surface area contributed by atoms with Crippen LogP contribution in [-0.2, 0) is 9.53 Å². The second kappa shape index (κ2) is 8.90. The predicted octanol–water partition coefficient (Wildman–Crippen LogP) is 4.55. The van der Waals surface area contributed by atoms with Gasteiger partial charge in [0.05, 0.1) is 27.3 Å². The van der Waals surface area contributed by atoms with Crippen molar-refractivity contribution in [3.8, 4) is 6.07 Å². The quantitative estimate of drug-likeness (QED) is 0.200. The molecule has 0 spiro atoms. The molecule has 0 unspecified atom stereocenters. The average Bonchev–Trinajstić information content (AvgIpc) is 3.20. The van der Waals surface area contributed by atoms with Crippen LogP contribution < -0.4 is 0 Å². The van der Waals surface area contributed by atoms with Crippen LogP contribution >= 0.6 is 11.8 Å². The Bertz CT molecular complexity index is 1320. The first-order chi connectivity index (χ1) is 15.0. The number of H-pyrrole nitrogens is 1. The first-order valence-electron chi connectivity index (χ1n) is 9.47. The van der Waals surface area contributed by atoms with Gasteiger partial charge in [-0.15, -0.1) is 0 Å². The van der Waals surface area contributed by atoms with Crippen molar-refractivity contribution in [3.05, 3.63) is 71.7 Å². The van der Waals surface area contributed by atoms with Crippen LogP contribution in [0.1, 0.15) is 11.4 Å². The number of aromatic nitrogens is 3. The van der Waals surface area contributed by atoms with Gasteiger partial charge in [-0.25, -0.2) is 9.97 Å². The van der Waals surface area contributed by atoms with Gasteiger partial charge in [-0.05, 0) is 36.8 Å². The zero-order chi connectivity index (χ0) is 21.8. The van der Waals surface area contributed by atoms with Crippen molar-refractivity contribution in [1.82, 2.24) is 15.0 Å². The first-order valence-corrected chi connectivity index (χ1v) is 10.5. The molecule has 0 amide bonds. The summed E-state index contributed by atoms with van der Waals surface area (Å²) in [5.74, 6) is -0.627. The molecule has 4 aromatic rings. The van der Waals surface area contributed by atoms with Crippen molar-refractivity contribution < 1.29 is 14.6 Å². The molecular weight excluding hydrogens is 412 g/mol. The van der Waals surface area contributed by atoms with Gasteiger partial charge in [0.2, 0.25) is 0 Å². The van der Waals surface area contributed by atoms with E-state index in [9.17, 15) is 15.2 Å². The zero-order valence-corrected chi connectivity index (χ0v) is 17.4. The minimum atomic E-state index is -0.522. The number of aliphatic hydroxyl groups excluding tert-OH is 1. The summed E-state index contributed by atoms with van der Waals surface area (Å²) in [4.78, 5) is 24.0. The van der Waals surface area contributed by atoms with Crippen LogP contribution in [0.2, 0.25) is 0 Å². The number of nitrogens with one attached hydrogen (secondary N) is 1. The Morgan fingerprint density at radius 2 is 1.90 bits per heavy atom. The van der Waals surface area contributed by atoms with Crippen LogP contribution in [0.3, 0.4) is 0 Å². The van der Waals surface area contributed by atoms with E-state index < -0.39 is 12.6 Å². The number of aliphatic hydroxyl groups is 1. The second-order valence-electron chi connectivity index (χ2n) is 6.78. The Morgan fingerprint density at radius 1 is 1.16 bits per heavy atom. The van der Waals surface area contributed by atoms with E-state index in [1.807, 2.05) is 61.5 Å². The van der Waals surface area contributed by atoms with Crippen molar-refractivity contribution in [1.29, 1.82) is 5.26 Å². The second-order valence-corrected chi connectivity index (χ2v) is 7.78. The van der Waals surface area contributed by atoms with Gasteiger partial charge in [0, 0.05) is 5.39 Å². The molecule has 0 bridgehead atoms. The Labute approximate surface area is 182 Å². The fourth-order valence-corrected chi connectivity index (χ4v) is 3.89. The van der Waals surface area contributed by atoms with Gasteiger partial charge in [0.15, 0.2) is 11.6 Å². The van der Waals surface area contributed by atoms with Crippen molar-refractivity contribution in [2.24, 2.45) is 0 Å². The summed E-state index contributed by atoms with van der Waals surface area (Å²) in [7, 11) is 0. The lowest BCUT2D eigenvalue weighted by Crippen LogP contribution is -2.11. The van der Waals surface area contributed by atoms with Crippen molar-refractivity contribution >= 4 is 45.2 Å². The number of para-hydroxylation sites is 3. The van der Waals surface area contributed by atoms with Gasteiger partial charge in [-0.3, -0.25) is 4.79 Å². The summed E-state index contributed by atoms with van der Waals surface area (Å²) in [5, 5.41) is 21.5. The summed E-state index contributed by atoms with van der Waals surface area (Å²) in [5.41, 5.74) is 3.28. The van der Waals surface area contributed by atoms with Crippen LogP contribution in [0.25, 0.3) is 27.5 Å². The summed E-state index contributed by atoms with van der Waals surface area (Å²) >= 11 is 1.26. The van der Waals surface area contributed by atoms with E-state index >= 15 is 0 Å². The van der Waals surface area contributed by atoms with E-state index in [4.69, 9.17) is 4.74 Å². The lowest BCUT2D eigenvalue weighted by molar-refractivity contribution is -0.140. The molecule has 2 aromatic heterocycles. The van der Waals surface area contributed by atoms with Crippen LogP contribution in [0.15, 0.2) is 65.4 Å². The number of aryl methyl sites for hydroxylation is 1. The predicted molar refractivity (Wildman–Crippen MR) is 119 cm³/mol. The molecule has 154 valence electrons. The molecule has 0 saturated heterocycles. The monoisotopic (exact) mass is 430 g/mol. The number of carbonyl (C=O) groups is 1. The molecule has 2 N–H and O–H groups in total. The molecule has 7 nitrogen and oxygen atoms in total. The van der Waals surface area contributed by atoms with Crippen molar-refractivity contribution in [2.75, 3.05) is 12.4 Å². The van der Waals surface area contributed by atoms with E-state index in [1.54, 1.807) is 6.07 Å². The third-order valence-corrected chi connectivity index (χ3v) is 5.52. The number of carbonyl (C=O) groups excluding carboxylic acids is 1. The maximum Gasteiger partial charge on any atom is 0.316 e. The third kappa shape index (κ3) is 4.52. The number of allylic oxidation sites excluding steroid dienone is 1. The normalized spacial score (nSPS) is 11.9. The molecular formula is C23H18N4O3S. The molecule has 0 radical (unpaired) electrons. The number of hydrogen-bond donors (Lipinski definition) is 2. The van der Waals surface area contributed by atoms with Gasteiger partial charge in [-0.2, -0.15) is 5.26 Å². The number of nitriles is 1. The topological polar surface area (TPSA) is 112 Å². The van der Waals surface area contributed by atoms with Crippen molar-refractivity contribution in [2.45, 2.75) is 11.9 Å². The molecule has 31 heavy (non-hydrogen) atoms. The van der Waals surface area contributed by atoms with Crippen LogP contribution in [-0.4, -0.2) is 38.4 Å². The van der Waals surface area contributed by atoms with Gasteiger partial charge >= 0.3 is 5.97 Å². The summed E-state index contributed by atoms with van der Waals surface area (Å²) < 4.78 is 5.13. The molecule has 0 aliphatic carbocycles. The largest absolute Gasteiger partial charge is 0.507 e. The molecule has 8 heteroatoms. The minimum Gasteiger partial charge on any atom is -0.507 e. The number of nitrogens with zero attached hydrogens (tertiary/aromatic N) is 3. The Hall–Kier alpha value is -3.83. The molecule has 2 heterocycles. The standard InChI is InChI=1S/C23H18N4O3S/c1-14-10-21(25-17-7-3-2-6-15(14)17)31-13-22(29)30-12-20(28)16(11-24)23-26-18-8-4-5-9-19(18)27-23/h2-10,28H,12-13H2,1H3,(H,26,27)/b20-16-. The fraction of sp³-hybridized carbons (Fsp3) is 0.130. The zero-order valence-electron chi connectivity index (χ0n) is 16.6. The highest BCUT2D eigenvalue weighted by Crippen LogP contribution is 2.24. The van der Waals surface area contributed by atoms with Gasteiger partial charge in [0.25, 0.3) is 0 Å². The summed E-state index contributed by atoms with van der Waals surface area (Å²) in [6, 6.07) is 18.9. The van der Waals surface area contributed by atoms with E-state index in [2.05, 4.69) is 15.0 Å². The Kier molecular flexibility index (Phi) is 5.87. The molecule has 2 aromatic carbocycles.